The smallest absolute Gasteiger partial charge is 0.0581 e. The van der Waals surface area contributed by atoms with Crippen LogP contribution in [0.1, 0.15) is 19.8 Å². The molecule has 1 fully saturated rings. The van der Waals surface area contributed by atoms with Crippen LogP contribution in [0.2, 0.25) is 0 Å². The second-order valence-corrected chi connectivity index (χ2v) is 3.91. The maximum atomic E-state index is 9.29. The first-order valence-electron chi connectivity index (χ1n) is 4.25. The molecular formula is C10H14O. The Morgan fingerprint density at radius 3 is 2.64 bits per heavy atom. The van der Waals surface area contributed by atoms with Crippen LogP contribution in [-0.4, -0.2) is 11.2 Å². The average molecular weight is 150 g/mol. The Balaban J connectivity index is 2.11. The molecule has 1 N–H and O–H groups in total. The zero-order valence-electron chi connectivity index (χ0n) is 6.83. The summed E-state index contributed by atoms with van der Waals surface area (Å²) >= 11 is 0. The van der Waals surface area contributed by atoms with Gasteiger partial charge in [0.15, 0.2) is 0 Å². The molecule has 0 aromatic carbocycles. The Hall–Kier alpha value is -0.560. The Kier molecular flexibility index (Phi) is 1.43. The van der Waals surface area contributed by atoms with Gasteiger partial charge in [-0.05, 0) is 24.2 Å². The summed E-state index contributed by atoms with van der Waals surface area (Å²) in [5.74, 6) is 0.517. The van der Waals surface area contributed by atoms with E-state index in [9.17, 15) is 5.11 Å². The van der Waals surface area contributed by atoms with E-state index in [1.807, 2.05) is 0 Å². The fourth-order valence-corrected chi connectivity index (χ4v) is 1.91. The van der Waals surface area contributed by atoms with Gasteiger partial charge in [0.2, 0.25) is 0 Å². The highest BCUT2D eigenvalue weighted by molar-refractivity contribution is 5.20. The lowest BCUT2D eigenvalue weighted by atomic mass is 9.79. The third-order valence-electron chi connectivity index (χ3n) is 2.89. The summed E-state index contributed by atoms with van der Waals surface area (Å²) in [7, 11) is 0. The molecule has 3 unspecified atom stereocenters. The van der Waals surface area contributed by atoms with Gasteiger partial charge >= 0.3 is 0 Å². The highest BCUT2D eigenvalue weighted by Crippen LogP contribution is 2.49. The molecule has 1 nitrogen and oxygen atoms in total. The normalized spacial score (nSPS) is 47.8. The van der Waals surface area contributed by atoms with Crippen LogP contribution >= 0.6 is 0 Å². The van der Waals surface area contributed by atoms with Gasteiger partial charge in [0.05, 0.1) is 6.10 Å². The van der Waals surface area contributed by atoms with Gasteiger partial charge in [-0.3, -0.25) is 0 Å². The molecule has 0 saturated heterocycles. The SMILES string of the molecule is CC1(C2CC2O)C=CC=CC1. The zero-order chi connectivity index (χ0) is 7.90. The van der Waals surface area contributed by atoms with Crippen LogP contribution in [0.3, 0.4) is 0 Å². The number of rotatable bonds is 1. The van der Waals surface area contributed by atoms with Crippen molar-refractivity contribution in [3.63, 3.8) is 0 Å². The topological polar surface area (TPSA) is 20.2 Å². The van der Waals surface area contributed by atoms with Crippen molar-refractivity contribution in [2.24, 2.45) is 11.3 Å². The number of aliphatic hydroxyl groups is 1. The van der Waals surface area contributed by atoms with Gasteiger partial charge in [-0.25, -0.2) is 0 Å². The lowest BCUT2D eigenvalue weighted by molar-refractivity contribution is 0.216. The molecule has 1 saturated carbocycles. The minimum Gasteiger partial charge on any atom is -0.393 e. The van der Waals surface area contributed by atoms with E-state index in [0.29, 0.717) is 5.92 Å². The molecule has 3 atom stereocenters. The van der Waals surface area contributed by atoms with Gasteiger partial charge in [0.25, 0.3) is 0 Å². The minimum absolute atomic E-state index is 0.0313. The largest absolute Gasteiger partial charge is 0.393 e. The van der Waals surface area contributed by atoms with Gasteiger partial charge in [0.1, 0.15) is 0 Å². The van der Waals surface area contributed by atoms with Crippen molar-refractivity contribution in [1.29, 1.82) is 0 Å². The first-order chi connectivity index (χ1) is 5.22. The summed E-state index contributed by atoms with van der Waals surface area (Å²) in [4.78, 5) is 0. The molecule has 2 rings (SSSR count). The fourth-order valence-electron chi connectivity index (χ4n) is 1.91. The Labute approximate surface area is 67.4 Å². The number of hydrogen-bond acceptors (Lipinski definition) is 1. The average Bonchev–Trinajstić information content (AvgIpc) is 2.69. The molecule has 1 heteroatoms. The standard InChI is InChI=1S/C10H14O/c1-10(8-7-9(8)11)5-3-2-4-6-10/h2-5,8-9,11H,6-7H2,1H3. The number of hydrogen-bond donors (Lipinski definition) is 1. The van der Waals surface area contributed by atoms with Crippen molar-refractivity contribution < 1.29 is 5.11 Å². The van der Waals surface area contributed by atoms with Crippen LogP contribution < -0.4 is 0 Å². The molecule has 0 aromatic rings. The quantitative estimate of drug-likeness (QED) is 0.605. The Morgan fingerprint density at radius 1 is 1.45 bits per heavy atom. The highest BCUT2D eigenvalue weighted by atomic mass is 16.3. The van der Waals surface area contributed by atoms with Gasteiger partial charge in [-0.1, -0.05) is 31.2 Å². The molecule has 0 heterocycles. The molecule has 0 spiro atoms. The van der Waals surface area contributed by atoms with Crippen LogP contribution in [0, 0.1) is 11.3 Å². The Morgan fingerprint density at radius 2 is 2.18 bits per heavy atom. The predicted molar refractivity (Wildman–Crippen MR) is 45.1 cm³/mol. The Bertz CT molecular complexity index is 217. The van der Waals surface area contributed by atoms with Crippen LogP contribution in [0.25, 0.3) is 0 Å². The van der Waals surface area contributed by atoms with Crippen LogP contribution in [0.15, 0.2) is 24.3 Å². The summed E-state index contributed by atoms with van der Waals surface area (Å²) in [6.07, 6.45) is 10.6. The summed E-state index contributed by atoms with van der Waals surface area (Å²) in [5.41, 5.74) is 0.244. The number of aliphatic hydroxyl groups excluding tert-OH is 1. The van der Waals surface area contributed by atoms with Crippen molar-refractivity contribution in [2.45, 2.75) is 25.9 Å². The minimum atomic E-state index is -0.0313. The molecule has 2 aliphatic rings. The molecule has 0 aromatic heterocycles. The molecule has 0 bridgehead atoms. The van der Waals surface area contributed by atoms with Crippen molar-refractivity contribution in [3.05, 3.63) is 24.3 Å². The third kappa shape index (κ3) is 1.14. The van der Waals surface area contributed by atoms with E-state index in [0.717, 1.165) is 12.8 Å². The van der Waals surface area contributed by atoms with Crippen molar-refractivity contribution in [3.8, 4) is 0 Å². The zero-order valence-corrected chi connectivity index (χ0v) is 6.83. The van der Waals surface area contributed by atoms with Gasteiger partial charge in [0, 0.05) is 0 Å². The molecular weight excluding hydrogens is 136 g/mol. The third-order valence-corrected chi connectivity index (χ3v) is 2.89. The van der Waals surface area contributed by atoms with E-state index in [4.69, 9.17) is 0 Å². The van der Waals surface area contributed by atoms with Crippen LogP contribution in [0.4, 0.5) is 0 Å². The number of allylic oxidation sites excluding steroid dienone is 4. The van der Waals surface area contributed by atoms with Crippen LogP contribution in [-0.2, 0) is 0 Å². The van der Waals surface area contributed by atoms with E-state index < -0.39 is 0 Å². The lowest BCUT2D eigenvalue weighted by Gasteiger charge is -2.26. The first kappa shape index (κ1) is 7.11. The van der Waals surface area contributed by atoms with Crippen molar-refractivity contribution in [2.75, 3.05) is 0 Å². The summed E-state index contributed by atoms with van der Waals surface area (Å²) in [6, 6.07) is 0. The fraction of sp³-hybridized carbons (Fsp3) is 0.600. The maximum Gasteiger partial charge on any atom is 0.0581 e. The molecule has 60 valence electrons. The van der Waals surface area contributed by atoms with Crippen LogP contribution in [0.5, 0.6) is 0 Å². The molecule has 11 heavy (non-hydrogen) atoms. The molecule has 0 amide bonds. The van der Waals surface area contributed by atoms with Gasteiger partial charge < -0.3 is 5.11 Å². The lowest BCUT2D eigenvalue weighted by Crippen LogP contribution is -2.18. The van der Waals surface area contributed by atoms with Crippen molar-refractivity contribution in [1.82, 2.24) is 0 Å². The van der Waals surface area contributed by atoms with Gasteiger partial charge in [-0.15, -0.1) is 0 Å². The summed E-state index contributed by atoms with van der Waals surface area (Å²) < 4.78 is 0. The monoisotopic (exact) mass is 150 g/mol. The van der Waals surface area contributed by atoms with E-state index >= 15 is 0 Å². The second-order valence-electron chi connectivity index (χ2n) is 3.91. The summed E-state index contributed by atoms with van der Waals surface area (Å²) in [6.45, 7) is 2.23. The summed E-state index contributed by atoms with van der Waals surface area (Å²) in [5, 5.41) is 9.29. The van der Waals surface area contributed by atoms with E-state index in [2.05, 4.69) is 31.2 Å². The first-order valence-corrected chi connectivity index (χ1v) is 4.25. The predicted octanol–water partition coefficient (Wildman–Crippen LogP) is 1.89. The second kappa shape index (κ2) is 2.21. The molecule has 0 aliphatic heterocycles. The van der Waals surface area contributed by atoms with Gasteiger partial charge in [-0.2, -0.15) is 0 Å². The highest BCUT2D eigenvalue weighted by Gasteiger charge is 2.47. The van der Waals surface area contributed by atoms with E-state index in [-0.39, 0.29) is 11.5 Å². The molecule has 2 aliphatic carbocycles. The van der Waals surface area contributed by atoms with E-state index in [1.165, 1.54) is 0 Å². The van der Waals surface area contributed by atoms with E-state index in [1.54, 1.807) is 0 Å². The maximum absolute atomic E-state index is 9.29. The molecule has 0 radical (unpaired) electrons. The van der Waals surface area contributed by atoms with Crippen molar-refractivity contribution >= 4 is 0 Å².